The number of fused-ring (bicyclic) bond motifs is 1. The lowest BCUT2D eigenvalue weighted by atomic mass is 10.2. The number of hydrogen-bond donors (Lipinski definition) is 1. The van der Waals surface area contributed by atoms with Gasteiger partial charge in [-0.2, -0.15) is 18.3 Å². The molecule has 7 nitrogen and oxygen atoms in total. The summed E-state index contributed by atoms with van der Waals surface area (Å²) < 4.78 is 49.0. The van der Waals surface area contributed by atoms with Gasteiger partial charge in [0, 0.05) is 18.5 Å². The molecule has 3 aromatic heterocycles. The molecule has 27 heavy (non-hydrogen) atoms. The van der Waals surface area contributed by atoms with Crippen LogP contribution >= 0.6 is 0 Å². The molecule has 3 aromatic rings. The van der Waals surface area contributed by atoms with Crippen LogP contribution in [0.25, 0.3) is 11.6 Å². The molecule has 0 aliphatic carbocycles. The molecule has 10 heteroatoms. The molecule has 0 saturated heterocycles. The number of ether oxygens (including phenoxy) is 2. The number of aromatic carboxylic acids is 1. The van der Waals surface area contributed by atoms with E-state index in [0.717, 1.165) is 0 Å². The summed E-state index contributed by atoms with van der Waals surface area (Å²) in [5.74, 6) is -1.35. The van der Waals surface area contributed by atoms with E-state index in [9.17, 15) is 18.0 Å². The Kier molecular flexibility index (Phi) is 4.72. The van der Waals surface area contributed by atoms with Gasteiger partial charge >= 0.3 is 12.1 Å². The van der Waals surface area contributed by atoms with Gasteiger partial charge in [-0.3, -0.25) is 0 Å². The molecule has 0 unspecified atom stereocenters. The van der Waals surface area contributed by atoms with Crippen LogP contribution in [0, 0.1) is 0 Å². The van der Waals surface area contributed by atoms with Gasteiger partial charge in [0.15, 0.2) is 18.1 Å². The van der Waals surface area contributed by atoms with E-state index in [-0.39, 0.29) is 23.1 Å². The molecule has 140 valence electrons. The maximum absolute atomic E-state index is 12.5. The Morgan fingerprint density at radius 3 is 2.78 bits per heavy atom. The first-order chi connectivity index (χ1) is 12.7. The van der Waals surface area contributed by atoms with Crippen molar-refractivity contribution in [1.29, 1.82) is 0 Å². The summed E-state index contributed by atoms with van der Waals surface area (Å²) in [5.41, 5.74) is 0.719. The largest absolute Gasteiger partial charge is 0.478 e. The third-order valence-corrected chi connectivity index (χ3v) is 3.33. The Balaban J connectivity index is 1.90. The molecule has 3 rings (SSSR count). The highest BCUT2D eigenvalue weighted by Gasteiger charge is 2.29. The minimum Gasteiger partial charge on any atom is -0.478 e. The predicted octanol–water partition coefficient (Wildman–Crippen LogP) is 3.80. The SMILES string of the molecule is C=Cc1cnc(Oc2ccn3nc(C(=O)O)cc3c2)c(OCC(F)(F)F)c1. The van der Waals surface area contributed by atoms with E-state index in [0.29, 0.717) is 11.1 Å². The molecule has 0 bridgehead atoms. The smallest absolute Gasteiger partial charge is 0.422 e. The number of carboxylic acids is 1. The summed E-state index contributed by atoms with van der Waals surface area (Å²) in [5, 5.41) is 12.8. The zero-order chi connectivity index (χ0) is 19.6. The summed E-state index contributed by atoms with van der Waals surface area (Å²) in [6.45, 7) is 2.02. The van der Waals surface area contributed by atoms with Crippen LogP contribution in [0.2, 0.25) is 0 Å². The number of rotatable bonds is 6. The van der Waals surface area contributed by atoms with E-state index in [4.69, 9.17) is 14.6 Å². The fourth-order valence-corrected chi connectivity index (χ4v) is 2.15. The van der Waals surface area contributed by atoms with Gasteiger partial charge in [-0.05, 0) is 23.8 Å². The molecule has 0 amide bonds. The average Bonchev–Trinajstić information content (AvgIpc) is 3.04. The Labute approximate surface area is 150 Å². The molecular formula is C17H12F3N3O4. The van der Waals surface area contributed by atoms with E-state index in [1.807, 2.05) is 0 Å². The van der Waals surface area contributed by atoms with Crippen molar-refractivity contribution >= 4 is 17.6 Å². The van der Waals surface area contributed by atoms with E-state index in [2.05, 4.69) is 16.7 Å². The van der Waals surface area contributed by atoms with Crippen LogP contribution in [0.5, 0.6) is 17.4 Å². The number of halogens is 3. The Morgan fingerprint density at radius 1 is 1.33 bits per heavy atom. The standard InChI is InChI=1S/C17H12F3N3O4/c1-2-10-5-14(26-9-17(18,19)20)15(21-8-10)27-12-3-4-23-11(6-12)7-13(22-23)16(24)25/h2-8H,1,9H2,(H,24,25). The van der Waals surface area contributed by atoms with E-state index in [1.165, 1.54) is 47.3 Å². The quantitative estimate of drug-likeness (QED) is 0.701. The van der Waals surface area contributed by atoms with Crippen LogP contribution in [0.3, 0.4) is 0 Å². The van der Waals surface area contributed by atoms with Crippen molar-refractivity contribution in [1.82, 2.24) is 14.6 Å². The molecule has 0 fully saturated rings. The van der Waals surface area contributed by atoms with Gasteiger partial charge < -0.3 is 14.6 Å². The number of hydrogen-bond acceptors (Lipinski definition) is 5. The molecule has 3 heterocycles. The maximum atomic E-state index is 12.5. The minimum absolute atomic E-state index is 0.158. The van der Waals surface area contributed by atoms with Crippen molar-refractivity contribution in [2.45, 2.75) is 6.18 Å². The van der Waals surface area contributed by atoms with Crippen LogP contribution in [-0.4, -0.2) is 38.5 Å². The van der Waals surface area contributed by atoms with Crippen LogP contribution in [0.1, 0.15) is 16.1 Å². The predicted molar refractivity (Wildman–Crippen MR) is 88.1 cm³/mol. The minimum atomic E-state index is -4.52. The lowest BCUT2D eigenvalue weighted by Crippen LogP contribution is -2.19. The third-order valence-electron chi connectivity index (χ3n) is 3.33. The summed E-state index contributed by atoms with van der Waals surface area (Å²) in [4.78, 5) is 14.9. The molecule has 0 radical (unpaired) electrons. The van der Waals surface area contributed by atoms with Crippen molar-refractivity contribution in [3.63, 3.8) is 0 Å². The van der Waals surface area contributed by atoms with Gasteiger partial charge in [-0.1, -0.05) is 12.7 Å². The number of carboxylic acid groups (broad SMARTS) is 1. The number of alkyl halides is 3. The van der Waals surface area contributed by atoms with Gasteiger partial charge in [0.2, 0.25) is 0 Å². The Bertz CT molecular complexity index is 1010. The second-order valence-corrected chi connectivity index (χ2v) is 5.35. The van der Waals surface area contributed by atoms with Crippen molar-refractivity contribution in [3.8, 4) is 17.4 Å². The highest BCUT2D eigenvalue weighted by atomic mass is 19.4. The topological polar surface area (TPSA) is 86.0 Å². The molecule has 0 spiro atoms. The lowest BCUT2D eigenvalue weighted by molar-refractivity contribution is -0.153. The normalized spacial score (nSPS) is 11.4. The Hall–Kier alpha value is -3.56. The number of carbonyl (C=O) groups is 1. The summed E-state index contributed by atoms with van der Waals surface area (Å²) in [6.07, 6.45) is -0.303. The molecule has 0 aromatic carbocycles. The van der Waals surface area contributed by atoms with Gasteiger partial charge in [0.25, 0.3) is 5.88 Å². The monoisotopic (exact) mass is 379 g/mol. The molecular weight excluding hydrogens is 367 g/mol. The highest BCUT2D eigenvalue weighted by Crippen LogP contribution is 2.32. The van der Waals surface area contributed by atoms with Crippen LogP contribution in [0.15, 0.2) is 43.2 Å². The zero-order valence-corrected chi connectivity index (χ0v) is 13.6. The first kappa shape index (κ1) is 18.2. The van der Waals surface area contributed by atoms with Crippen LogP contribution < -0.4 is 9.47 Å². The van der Waals surface area contributed by atoms with Crippen molar-refractivity contribution in [2.24, 2.45) is 0 Å². The van der Waals surface area contributed by atoms with Crippen molar-refractivity contribution < 1.29 is 32.5 Å². The van der Waals surface area contributed by atoms with Gasteiger partial charge in [-0.25, -0.2) is 14.3 Å². The lowest BCUT2D eigenvalue weighted by Gasteiger charge is -2.13. The first-order valence-electron chi connectivity index (χ1n) is 7.48. The maximum Gasteiger partial charge on any atom is 0.422 e. The van der Waals surface area contributed by atoms with Crippen molar-refractivity contribution in [2.75, 3.05) is 6.61 Å². The van der Waals surface area contributed by atoms with Crippen molar-refractivity contribution in [3.05, 3.63) is 54.5 Å². The van der Waals surface area contributed by atoms with E-state index < -0.39 is 18.8 Å². The summed E-state index contributed by atoms with van der Waals surface area (Å²) in [6, 6.07) is 5.57. The summed E-state index contributed by atoms with van der Waals surface area (Å²) in [7, 11) is 0. The molecule has 0 aliphatic rings. The molecule has 0 atom stereocenters. The van der Waals surface area contributed by atoms with Crippen LogP contribution in [-0.2, 0) is 0 Å². The first-order valence-corrected chi connectivity index (χ1v) is 7.48. The number of nitrogens with zero attached hydrogens (tertiary/aromatic N) is 3. The fourth-order valence-electron chi connectivity index (χ4n) is 2.15. The van der Waals surface area contributed by atoms with E-state index >= 15 is 0 Å². The zero-order valence-electron chi connectivity index (χ0n) is 13.6. The number of pyridine rings is 2. The number of aromatic nitrogens is 3. The third kappa shape index (κ3) is 4.35. The Morgan fingerprint density at radius 2 is 2.11 bits per heavy atom. The highest BCUT2D eigenvalue weighted by molar-refractivity contribution is 5.87. The van der Waals surface area contributed by atoms with E-state index in [1.54, 1.807) is 0 Å². The van der Waals surface area contributed by atoms with Gasteiger partial charge in [-0.15, -0.1) is 0 Å². The summed E-state index contributed by atoms with van der Waals surface area (Å²) >= 11 is 0. The second-order valence-electron chi connectivity index (χ2n) is 5.35. The average molecular weight is 379 g/mol. The van der Waals surface area contributed by atoms with Crippen LogP contribution in [0.4, 0.5) is 13.2 Å². The second kappa shape index (κ2) is 6.98. The van der Waals surface area contributed by atoms with Gasteiger partial charge in [0.05, 0.1) is 5.52 Å². The molecule has 0 saturated carbocycles. The molecule has 0 aliphatic heterocycles. The molecule has 1 N–H and O–H groups in total. The fraction of sp³-hybridized carbons (Fsp3) is 0.118. The van der Waals surface area contributed by atoms with Gasteiger partial charge in [0.1, 0.15) is 5.75 Å².